The second-order valence-corrected chi connectivity index (χ2v) is 4.57. The lowest BCUT2D eigenvalue weighted by Crippen LogP contribution is -2.47. The van der Waals surface area contributed by atoms with Crippen molar-refractivity contribution in [2.75, 3.05) is 6.54 Å². The van der Waals surface area contributed by atoms with Crippen LogP contribution >= 0.6 is 0 Å². The molecular weight excluding hydrogens is 162 g/mol. The highest BCUT2D eigenvalue weighted by Crippen LogP contribution is 2.21. The minimum atomic E-state index is -0.159. The number of aliphatic hydroxyl groups excluding tert-OH is 1. The van der Waals surface area contributed by atoms with Gasteiger partial charge in [0.1, 0.15) is 0 Å². The van der Waals surface area contributed by atoms with Crippen molar-refractivity contribution in [2.45, 2.75) is 52.2 Å². The zero-order valence-corrected chi connectivity index (χ0v) is 9.09. The Labute approximate surface area is 81.7 Å². The molecule has 2 nitrogen and oxygen atoms in total. The summed E-state index contributed by atoms with van der Waals surface area (Å²) in [6, 6.07) is 0.332. The third-order valence-electron chi connectivity index (χ3n) is 3.34. The minimum Gasteiger partial charge on any atom is -0.391 e. The SMILES string of the molecule is CCC(C)C(O)C1CC(C)CCN1. The number of piperidine rings is 1. The maximum atomic E-state index is 10.00. The van der Waals surface area contributed by atoms with E-state index < -0.39 is 0 Å². The summed E-state index contributed by atoms with van der Waals surface area (Å²) in [6.07, 6.45) is 3.29. The molecule has 0 radical (unpaired) electrons. The number of hydrogen-bond donors (Lipinski definition) is 2. The van der Waals surface area contributed by atoms with Gasteiger partial charge in [0.15, 0.2) is 0 Å². The first-order valence-corrected chi connectivity index (χ1v) is 5.56. The third-order valence-corrected chi connectivity index (χ3v) is 3.34. The number of nitrogens with one attached hydrogen (secondary N) is 1. The fraction of sp³-hybridized carbons (Fsp3) is 1.00. The molecule has 2 N–H and O–H groups in total. The van der Waals surface area contributed by atoms with E-state index in [-0.39, 0.29) is 6.10 Å². The van der Waals surface area contributed by atoms with Gasteiger partial charge < -0.3 is 10.4 Å². The Bertz CT molecular complexity index is 149. The second-order valence-electron chi connectivity index (χ2n) is 4.57. The van der Waals surface area contributed by atoms with Gasteiger partial charge in [-0.15, -0.1) is 0 Å². The molecule has 2 heteroatoms. The van der Waals surface area contributed by atoms with Crippen molar-refractivity contribution in [3.8, 4) is 0 Å². The van der Waals surface area contributed by atoms with E-state index in [2.05, 4.69) is 26.1 Å². The largest absolute Gasteiger partial charge is 0.391 e. The van der Waals surface area contributed by atoms with Crippen molar-refractivity contribution in [3.63, 3.8) is 0 Å². The molecule has 0 spiro atoms. The first-order chi connectivity index (χ1) is 6.15. The molecule has 1 rings (SSSR count). The second kappa shape index (κ2) is 4.97. The highest BCUT2D eigenvalue weighted by atomic mass is 16.3. The molecule has 4 unspecified atom stereocenters. The van der Waals surface area contributed by atoms with Crippen LogP contribution in [-0.2, 0) is 0 Å². The van der Waals surface area contributed by atoms with Crippen LogP contribution in [0.25, 0.3) is 0 Å². The van der Waals surface area contributed by atoms with E-state index in [9.17, 15) is 5.11 Å². The van der Waals surface area contributed by atoms with Gasteiger partial charge in [0.05, 0.1) is 6.10 Å². The van der Waals surface area contributed by atoms with Crippen LogP contribution in [0.1, 0.15) is 40.0 Å². The van der Waals surface area contributed by atoms with Gasteiger partial charge in [0, 0.05) is 6.04 Å². The van der Waals surface area contributed by atoms with E-state index in [1.807, 2.05) is 0 Å². The summed E-state index contributed by atoms with van der Waals surface area (Å²) in [5.74, 6) is 1.19. The van der Waals surface area contributed by atoms with Crippen molar-refractivity contribution in [1.82, 2.24) is 5.32 Å². The topological polar surface area (TPSA) is 32.3 Å². The lowest BCUT2D eigenvalue weighted by molar-refractivity contribution is 0.0552. The van der Waals surface area contributed by atoms with E-state index in [0.717, 1.165) is 25.3 Å². The highest BCUT2D eigenvalue weighted by Gasteiger charge is 2.27. The molecule has 1 saturated heterocycles. The number of hydrogen-bond acceptors (Lipinski definition) is 2. The molecule has 1 aliphatic rings. The van der Waals surface area contributed by atoms with E-state index >= 15 is 0 Å². The van der Waals surface area contributed by atoms with E-state index in [1.54, 1.807) is 0 Å². The van der Waals surface area contributed by atoms with Crippen LogP contribution in [0.3, 0.4) is 0 Å². The van der Waals surface area contributed by atoms with Crippen molar-refractivity contribution in [1.29, 1.82) is 0 Å². The van der Waals surface area contributed by atoms with Crippen molar-refractivity contribution in [2.24, 2.45) is 11.8 Å². The van der Waals surface area contributed by atoms with Crippen LogP contribution < -0.4 is 5.32 Å². The summed E-state index contributed by atoms with van der Waals surface area (Å²) in [5.41, 5.74) is 0. The van der Waals surface area contributed by atoms with Crippen LogP contribution in [0.2, 0.25) is 0 Å². The van der Waals surface area contributed by atoms with Crippen LogP contribution in [-0.4, -0.2) is 23.8 Å². The molecule has 0 amide bonds. The maximum Gasteiger partial charge on any atom is 0.0718 e. The first kappa shape index (κ1) is 11.0. The van der Waals surface area contributed by atoms with Crippen LogP contribution in [0.15, 0.2) is 0 Å². The molecule has 78 valence electrons. The third kappa shape index (κ3) is 2.96. The maximum absolute atomic E-state index is 10.00. The summed E-state index contributed by atoms with van der Waals surface area (Å²) in [6.45, 7) is 7.61. The molecule has 0 bridgehead atoms. The van der Waals surface area contributed by atoms with Crippen LogP contribution in [0.4, 0.5) is 0 Å². The summed E-state index contributed by atoms with van der Waals surface area (Å²) in [5, 5.41) is 13.4. The normalized spacial score (nSPS) is 34.2. The van der Waals surface area contributed by atoms with E-state index in [1.165, 1.54) is 6.42 Å². The van der Waals surface area contributed by atoms with Gasteiger partial charge in [0.2, 0.25) is 0 Å². The molecule has 0 saturated carbocycles. The molecule has 0 aromatic heterocycles. The predicted molar refractivity (Wildman–Crippen MR) is 55.7 cm³/mol. The summed E-state index contributed by atoms with van der Waals surface area (Å²) in [4.78, 5) is 0. The Kier molecular flexibility index (Phi) is 4.20. The molecule has 1 heterocycles. The van der Waals surface area contributed by atoms with Gasteiger partial charge in [-0.25, -0.2) is 0 Å². The smallest absolute Gasteiger partial charge is 0.0718 e. The van der Waals surface area contributed by atoms with Gasteiger partial charge in [-0.1, -0.05) is 27.2 Å². The lowest BCUT2D eigenvalue weighted by Gasteiger charge is -2.34. The fourth-order valence-electron chi connectivity index (χ4n) is 2.05. The Morgan fingerprint density at radius 3 is 2.77 bits per heavy atom. The highest BCUT2D eigenvalue weighted by molar-refractivity contribution is 4.84. The number of rotatable bonds is 3. The molecule has 4 atom stereocenters. The summed E-state index contributed by atoms with van der Waals surface area (Å²) >= 11 is 0. The summed E-state index contributed by atoms with van der Waals surface area (Å²) in [7, 11) is 0. The molecule has 13 heavy (non-hydrogen) atoms. The quantitative estimate of drug-likeness (QED) is 0.702. The zero-order chi connectivity index (χ0) is 9.84. The van der Waals surface area contributed by atoms with Crippen molar-refractivity contribution < 1.29 is 5.11 Å². The number of aliphatic hydroxyl groups is 1. The Morgan fingerprint density at radius 1 is 1.54 bits per heavy atom. The monoisotopic (exact) mass is 185 g/mol. The van der Waals surface area contributed by atoms with Crippen LogP contribution in [0, 0.1) is 11.8 Å². The fourth-order valence-corrected chi connectivity index (χ4v) is 2.05. The minimum absolute atomic E-state index is 0.159. The Hall–Kier alpha value is -0.0800. The molecule has 0 aromatic rings. The molecule has 1 fully saturated rings. The van der Waals surface area contributed by atoms with Gasteiger partial charge in [-0.2, -0.15) is 0 Å². The van der Waals surface area contributed by atoms with Gasteiger partial charge in [-0.3, -0.25) is 0 Å². The van der Waals surface area contributed by atoms with Crippen molar-refractivity contribution in [3.05, 3.63) is 0 Å². The standard InChI is InChI=1S/C11H23NO/c1-4-9(3)11(13)10-7-8(2)5-6-12-10/h8-13H,4-7H2,1-3H3. The molecule has 0 aromatic carbocycles. The predicted octanol–water partition coefficient (Wildman–Crippen LogP) is 1.78. The average Bonchev–Trinajstić information content (AvgIpc) is 2.15. The van der Waals surface area contributed by atoms with Gasteiger partial charge in [-0.05, 0) is 31.2 Å². The zero-order valence-electron chi connectivity index (χ0n) is 9.09. The Morgan fingerprint density at radius 2 is 2.23 bits per heavy atom. The molecule has 0 aliphatic carbocycles. The average molecular weight is 185 g/mol. The molecular formula is C11H23NO. The first-order valence-electron chi connectivity index (χ1n) is 5.56. The van der Waals surface area contributed by atoms with Crippen molar-refractivity contribution >= 4 is 0 Å². The molecule has 1 aliphatic heterocycles. The summed E-state index contributed by atoms with van der Waals surface area (Å²) < 4.78 is 0. The van der Waals surface area contributed by atoms with Crippen LogP contribution in [0.5, 0.6) is 0 Å². The van der Waals surface area contributed by atoms with E-state index in [4.69, 9.17) is 0 Å². The van der Waals surface area contributed by atoms with Gasteiger partial charge in [0.25, 0.3) is 0 Å². The Balaban J connectivity index is 2.41. The van der Waals surface area contributed by atoms with Gasteiger partial charge >= 0.3 is 0 Å². The van der Waals surface area contributed by atoms with E-state index in [0.29, 0.717) is 12.0 Å². The lowest BCUT2D eigenvalue weighted by atomic mass is 9.86.